The molecule has 36 heavy (non-hydrogen) atoms. The van der Waals surface area contributed by atoms with E-state index < -0.39 is 33.5 Å². The first-order valence-corrected chi connectivity index (χ1v) is 12.7. The van der Waals surface area contributed by atoms with Crippen molar-refractivity contribution in [2.24, 2.45) is 0 Å². The number of carbonyl (C=O) groups excluding carboxylic acids is 1. The van der Waals surface area contributed by atoms with E-state index in [1.807, 2.05) is 0 Å². The zero-order valence-corrected chi connectivity index (χ0v) is 20.6. The van der Waals surface area contributed by atoms with E-state index in [1.54, 1.807) is 31.2 Å². The van der Waals surface area contributed by atoms with Crippen LogP contribution >= 0.6 is 11.6 Å². The highest BCUT2D eigenvalue weighted by atomic mass is 35.5. The third-order valence-electron chi connectivity index (χ3n) is 5.98. The van der Waals surface area contributed by atoms with Gasteiger partial charge in [0.15, 0.2) is 0 Å². The van der Waals surface area contributed by atoms with Gasteiger partial charge in [0, 0.05) is 23.8 Å². The molecule has 0 fully saturated rings. The van der Waals surface area contributed by atoms with Gasteiger partial charge < -0.3 is 5.32 Å². The van der Waals surface area contributed by atoms with Crippen molar-refractivity contribution in [1.29, 1.82) is 0 Å². The number of fused-ring (bicyclic) bond motifs is 1. The van der Waals surface area contributed by atoms with E-state index >= 15 is 0 Å². The average Bonchev–Trinajstić information content (AvgIpc) is 2.80. The molecule has 0 spiro atoms. The van der Waals surface area contributed by atoms with Crippen LogP contribution in [0.5, 0.6) is 0 Å². The molecule has 3 aromatic carbocycles. The summed E-state index contributed by atoms with van der Waals surface area (Å²) >= 11 is 5.96. The fourth-order valence-electron chi connectivity index (χ4n) is 4.17. The number of nitrogens with zero attached hydrogens (tertiary/aromatic N) is 1. The summed E-state index contributed by atoms with van der Waals surface area (Å²) in [5.74, 6) is -1.97. The van der Waals surface area contributed by atoms with E-state index in [9.17, 15) is 30.8 Å². The number of alkyl halides is 3. The molecule has 0 unspecified atom stereocenters. The zero-order valence-electron chi connectivity index (χ0n) is 19.0. The normalized spacial score (nSPS) is 14.4. The number of nitrogens with one attached hydrogen (secondary N) is 1. The molecule has 11 heteroatoms. The van der Waals surface area contributed by atoms with Crippen LogP contribution in [-0.2, 0) is 40.4 Å². The summed E-state index contributed by atoms with van der Waals surface area (Å²) in [4.78, 5) is 12.8. The number of benzene rings is 3. The van der Waals surface area contributed by atoms with E-state index in [1.165, 1.54) is 16.4 Å². The van der Waals surface area contributed by atoms with Gasteiger partial charge in [0.25, 0.3) is 0 Å². The van der Waals surface area contributed by atoms with Crippen LogP contribution in [-0.4, -0.2) is 25.2 Å². The molecule has 1 amide bonds. The number of hydrogen-bond donors (Lipinski definition) is 1. The predicted octanol–water partition coefficient (Wildman–Crippen LogP) is 5.73. The Hall–Kier alpha value is -2.95. The minimum absolute atomic E-state index is 0.0860. The molecule has 0 atom stereocenters. The van der Waals surface area contributed by atoms with E-state index in [0.29, 0.717) is 34.8 Å². The SMILES string of the molecule is Cc1ccc2c(c1NC(=O)Cc1ccc(C(F)(F)F)c(F)c1)CCN(S(=O)(=O)c1cccc(Cl)c1)C2. The van der Waals surface area contributed by atoms with Gasteiger partial charge in [0.05, 0.1) is 16.9 Å². The molecule has 190 valence electrons. The predicted molar refractivity (Wildman–Crippen MR) is 128 cm³/mol. The number of halogens is 5. The summed E-state index contributed by atoms with van der Waals surface area (Å²) in [6, 6.07) is 11.9. The van der Waals surface area contributed by atoms with Gasteiger partial charge in [-0.15, -0.1) is 0 Å². The van der Waals surface area contributed by atoms with Crippen molar-refractivity contribution < 1.29 is 30.8 Å². The summed E-state index contributed by atoms with van der Waals surface area (Å²) < 4.78 is 79.8. The standard InChI is InChI=1S/C25H21ClF4N2O3S/c1-15-5-7-17-14-32(36(34,35)19-4-2-3-18(26)13-19)10-9-20(17)24(15)31-23(33)12-16-6-8-21(22(27)11-16)25(28,29)30/h2-8,11,13H,9-10,12,14H2,1H3,(H,31,33). The molecule has 1 aliphatic heterocycles. The second kappa shape index (κ2) is 9.84. The van der Waals surface area contributed by atoms with E-state index in [4.69, 9.17) is 11.6 Å². The summed E-state index contributed by atoms with van der Waals surface area (Å²) in [6.07, 6.45) is -4.81. The van der Waals surface area contributed by atoms with Crippen molar-refractivity contribution in [3.05, 3.63) is 93.3 Å². The zero-order chi connectivity index (χ0) is 26.3. The van der Waals surface area contributed by atoms with E-state index in [0.717, 1.165) is 17.2 Å². The Labute approximate surface area is 210 Å². The fraction of sp³-hybridized carbons (Fsp3) is 0.240. The van der Waals surface area contributed by atoms with Crippen LogP contribution in [0.4, 0.5) is 23.2 Å². The molecule has 3 aromatic rings. The van der Waals surface area contributed by atoms with E-state index in [-0.39, 0.29) is 30.0 Å². The molecule has 0 bridgehead atoms. The number of hydrogen-bond acceptors (Lipinski definition) is 3. The smallest absolute Gasteiger partial charge is 0.325 e. The first-order valence-electron chi connectivity index (χ1n) is 10.9. The van der Waals surface area contributed by atoms with Crippen LogP contribution in [0, 0.1) is 12.7 Å². The first-order chi connectivity index (χ1) is 16.9. The molecular weight excluding hydrogens is 520 g/mol. The molecule has 0 radical (unpaired) electrons. The summed E-state index contributed by atoms with van der Waals surface area (Å²) in [6.45, 7) is 2.05. The van der Waals surface area contributed by atoms with Crippen LogP contribution < -0.4 is 5.32 Å². The molecule has 4 rings (SSSR count). The van der Waals surface area contributed by atoms with Crippen molar-refractivity contribution >= 4 is 33.2 Å². The van der Waals surface area contributed by atoms with Crippen LogP contribution in [0.3, 0.4) is 0 Å². The summed E-state index contributed by atoms with van der Waals surface area (Å²) in [5.41, 5.74) is 1.46. The quantitative estimate of drug-likeness (QED) is 0.420. The van der Waals surface area contributed by atoms with Crippen LogP contribution in [0.2, 0.25) is 5.02 Å². The maximum atomic E-state index is 13.9. The topological polar surface area (TPSA) is 66.5 Å². The molecule has 1 aliphatic rings. The summed E-state index contributed by atoms with van der Waals surface area (Å²) in [5, 5.41) is 3.08. The Kier molecular flexibility index (Phi) is 7.14. The Morgan fingerprint density at radius 3 is 2.53 bits per heavy atom. The largest absolute Gasteiger partial charge is 0.419 e. The Morgan fingerprint density at radius 2 is 1.86 bits per heavy atom. The Bertz CT molecular complexity index is 1440. The Morgan fingerprint density at radius 1 is 1.11 bits per heavy atom. The highest BCUT2D eigenvalue weighted by molar-refractivity contribution is 7.89. The van der Waals surface area contributed by atoms with Gasteiger partial charge >= 0.3 is 6.18 Å². The van der Waals surface area contributed by atoms with Crippen molar-refractivity contribution in [2.75, 3.05) is 11.9 Å². The number of sulfonamides is 1. The van der Waals surface area contributed by atoms with Crippen molar-refractivity contribution in [3.63, 3.8) is 0 Å². The van der Waals surface area contributed by atoms with Crippen molar-refractivity contribution in [3.8, 4) is 0 Å². The number of rotatable bonds is 5. The lowest BCUT2D eigenvalue weighted by molar-refractivity contribution is -0.140. The lowest BCUT2D eigenvalue weighted by atomic mass is 9.95. The molecule has 5 nitrogen and oxygen atoms in total. The van der Waals surface area contributed by atoms with Crippen LogP contribution in [0.1, 0.15) is 27.8 Å². The van der Waals surface area contributed by atoms with E-state index in [2.05, 4.69) is 5.32 Å². The lowest BCUT2D eigenvalue weighted by Gasteiger charge is -2.30. The van der Waals surface area contributed by atoms with Gasteiger partial charge in [-0.25, -0.2) is 12.8 Å². The first kappa shape index (κ1) is 26.1. The van der Waals surface area contributed by atoms with Crippen molar-refractivity contribution in [2.45, 2.75) is 37.4 Å². The third kappa shape index (κ3) is 5.40. The number of amides is 1. The maximum Gasteiger partial charge on any atom is 0.419 e. The average molecular weight is 541 g/mol. The van der Waals surface area contributed by atoms with Gasteiger partial charge in [0.1, 0.15) is 5.82 Å². The van der Waals surface area contributed by atoms with Crippen molar-refractivity contribution in [1.82, 2.24) is 4.31 Å². The number of anilines is 1. The second-order valence-corrected chi connectivity index (χ2v) is 10.9. The minimum atomic E-state index is -4.82. The highest BCUT2D eigenvalue weighted by Crippen LogP contribution is 2.33. The fourth-order valence-corrected chi connectivity index (χ4v) is 5.89. The van der Waals surface area contributed by atoms with Crippen LogP contribution in [0.15, 0.2) is 59.5 Å². The Balaban J connectivity index is 1.53. The molecular formula is C25H21ClF4N2O3S. The van der Waals surface area contributed by atoms with Gasteiger partial charge in [-0.3, -0.25) is 4.79 Å². The highest BCUT2D eigenvalue weighted by Gasteiger charge is 2.34. The molecule has 0 aromatic heterocycles. The van der Waals surface area contributed by atoms with Crippen LogP contribution in [0.25, 0.3) is 0 Å². The maximum absolute atomic E-state index is 13.9. The molecule has 1 N–H and O–H groups in total. The van der Waals surface area contributed by atoms with Gasteiger partial charge in [-0.2, -0.15) is 17.5 Å². The molecule has 0 aliphatic carbocycles. The molecule has 0 saturated heterocycles. The molecule has 1 heterocycles. The second-order valence-electron chi connectivity index (χ2n) is 8.48. The number of carbonyl (C=O) groups is 1. The monoisotopic (exact) mass is 540 g/mol. The summed E-state index contributed by atoms with van der Waals surface area (Å²) in [7, 11) is -3.79. The van der Waals surface area contributed by atoms with Gasteiger partial charge in [-0.1, -0.05) is 35.9 Å². The van der Waals surface area contributed by atoms with Gasteiger partial charge in [0.2, 0.25) is 15.9 Å². The van der Waals surface area contributed by atoms with Gasteiger partial charge in [-0.05, 0) is 65.9 Å². The third-order valence-corrected chi connectivity index (χ3v) is 8.05. The molecule has 0 saturated carbocycles. The number of aryl methyl sites for hydroxylation is 1. The minimum Gasteiger partial charge on any atom is -0.325 e. The lowest BCUT2D eigenvalue weighted by Crippen LogP contribution is -2.36.